The van der Waals surface area contributed by atoms with Crippen LogP contribution in [0.5, 0.6) is 0 Å². The van der Waals surface area contributed by atoms with Gasteiger partial charge >= 0.3 is 5.97 Å². The van der Waals surface area contributed by atoms with Crippen molar-refractivity contribution in [1.82, 2.24) is 0 Å². The number of carbonyl (C=O) groups excluding carboxylic acids is 1. The molecule has 13 heavy (non-hydrogen) atoms. The minimum Gasteiger partial charge on any atom is -1.00 e. The van der Waals surface area contributed by atoms with E-state index in [2.05, 4.69) is 4.74 Å². The quantitative estimate of drug-likeness (QED) is 0.351. The molecule has 0 unspecified atom stereocenters. The third-order valence-corrected chi connectivity index (χ3v) is 1.64. The molecule has 0 bridgehead atoms. The van der Waals surface area contributed by atoms with E-state index in [1.165, 1.54) is 7.11 Å². The Morgan fingerprint density at radius 2 is 2.31 bits per heavy atom. The summed E-state index contributed by atoms with van der Waals surface area (Å²) in [6.45, 7) is 2.87. The Morgan fingerprint density at radius 1 is 1.62 bits per heavy atom. The third kappa shape index (κ3) is 3.30. The van der Waals surface area contributed by atoms with Gasteiger partial charge < -0.3 is 28.7 Å². The summed E-state index contributed by atoms with van der Waals surface area (Å²) in [6, 6.07) is 3.56. The number of ether oxygens (including phenoxy) is 1. The molecule has 0 radical (unpaired) electrons. The number of rotatable bonds is 2. The Morgan fingerprint density at radius 3 is 2.85 bits per heavy atom. The van der Waals surface area contributed by atoms with E-state index in [1.54, 1.807) is 12.3 Å². The van der Waals surface area contributed by atoms with Crippen LogP contribution in [0.4, 0.5) is 0 Å². The number of carbonyl (C=O) groups is 1. The van der Waals surface area contributed by atoms with Crippen molar-refractivity contribution in [2.45, 2.75) is 13.5 Å². The van der Waals surface area contributed by atoms with E-state index in [-0.39, 0.29) is 29.9 Å². The van der Waals surface area contributed by atoms with E-state index in [0.717, 1.165) is 6.54 Å². The van der Waals surface area contributed by atoms with Crippen LogP contribution in [0.25, 0.3) is 0 Å². The van der Waals surface area contributed by atoms with Gasteiger partial charge in [0.25, 0.3) is 0 Å². The molecule has 4 heteroatoms. The lowest BCUT2D eigenvalue weighted by atomic mass is 10.3. The minimum atomic E-state index is -0.294. The number of nitrogens with zero attached hydrogens (tertiary/aromatic N) is 1. The Hall–Kier alpha value is -0.650. The highest BCUT2D eigenvalue weighted by Crippen LogP contribution is 1.95. The van der Waals surface area contributed by atoms with Crippen molar-refractivity contribution >= 4 is 5.97 Å². The topological polar surface area (TPSA) is 30.2 Å². The van der Waals surface area contributed by atoms with Crippen molar-refractivity contribution in [3.05, 3.63) is 30.1 Å². The predicted octanol–water partition coefficient (Wildman–Crippen LogP) is -2.22. The zero-order valence-electron chi connectivity index (χ0n) is 7.66. The lowest BCUT2D eigenvalue weighted by Crippen LogP contribution is -3.00. The van der Waals surface area contributed by atoms with E-state index in [1.807, 2.05) is 23.8 Å². The average Bonchev–Trinajstić information content (AvgIpc) is 2.17. The summed E-state index contributed by atoms with van der Waals surface area (Å²) in [5.74, 6) is -0.294. The van der Waals surface area contributed by atoms with Crippen LogP contribution in [0, 0.1) is 0 Å². The van der Waals surface area contributed by atoms with Crippen molar-refractivity contribution in [3.63, 3.8) is 0 Å². The molecule has 1 aromatic heterocycles. The van der Waals surface area contributed by atoms with E-state index in [4.69, 9.17) is 0 Å². The van der Waals surface area contributed by atoms with Crippen LogP contribution < -0.4 is 28.5 Å². The Balaban J connectivity index is 0.00000144. The van der Waals surface area contributed by atoms with Crippen molar-refractivity contribution in [2.75, 3.05) is 7.11 Å². The second-order valence-electron chi connectivity index (χ2n) is 2.41. The number of hydrogen-bond donors (Lipinski definition) is 0. The van der Waals surface area contributed by atoms with Gasteiger partial charge in [-0.1, -0.05) is 0 Å². The Kier molecular flexibility index (Phi) is 5.61. The number of pyridine rings is 1. The smallest absolute Gasteiger partial charge is 0.343 e. The molecular formula is C9H12INO2. The summed E-state index contributed by atoms with van der Waals surface area (Å²) in [7, 11) is 1.38. The van der Waals surface area contributed by atoms with Gasteiger partial charge in [0.2, 0.25) is 0 Å². The lowest BCUT2D eigenvalue weighted by Gasteiger charge is -1.96. The van der Waals surface area contributed by atoms with Crippen LogP contribution >= 0.6 is 0 Å². The van der Waals surface area contributed by atoms with E-state index in [9.17, 15) is 4.79 Å². The molecule has 0 spiro atoms. The second kappa shape index (κ2) is 5.90. The molecule has 0 amide bonds. The van der Waals surface area contributed by atoms with Gasteiger partial charge in [-0.3, -0.25) is 0 Å². The molecule has 3 nitrogen and oxygen atoms in total. The zero-order chi connectivity index (χ0) is 8.97. The molecule has 0 aliphatic carbocycles. The van der Waals surface area contributed by atoms with Gasteiger partial charge in [-0.25, -0.2) is 9.36 Å². The van der Waals surface area contributed by atoms with E-state index >= 15 is 0 Å². The molecule has 0 aliphatic rings. The maximum Gasteiger partial charge on any atom is 0.343 e. The SMILES string of the molecule is CC[n+]1cccc(C(=O)OC)c1.[I-]. The fraction of sp³-hybridized carbons (Fsp3) is 0.333. The first-order valence-corrected chi connectivity index (χ1v) is 3.85. The molecule has 0 atom stereocenters. The number of esters is 1. The number of aryl methyl sites for hydroxylation is 1. The molecule has 0 saturated carbocycles. The van der Waals surface area contributed by atoms with Gasteiger partial charge in [-0.15, -0.1) is 0 Å². The van der Waals surface area contributed by atoms with Crippen LogP contribution in [0.2, 0.25) is 0 Å². The molecule has 72 valence electrons. The largest absolute Gasteiger partial charge is 1.00 e. The number of hydrogen-bond acceptors (Lipinski definition) is 2. The summed E-state index contributed by atoms with van der Waals surface area (Å²) in [6.07, 6.45) is 3.68. The summed E-state index contributed by atoms with van der Waals surface area (Å²) in [5, 5.41) is 0. The molecule has 0 aromatic carbocycles. The average molecular weight is 293 g/mol. The molecular weight excluding hydrogens is 281 g/mol. The van der Waals surface area contributed by atoms with Crippen LogP contribution in [-0.2, 0) is 11.3 Å². The van der Waals surface area contributed by atoms with Gasteiger partial charge in [0.05, 0.1) is 7.11 Å². The van der Waals surface area contributed by atoms with Crippen molar-refractivity contribution in [3.8, 4) is 0 Å². The summed E-state index contributed by atoms with van der Waals surface area (Å²) < 4.78 is 6.51. The van der Waals surface area contributed by atoms with Crippen LogP contribution in [0.3, 0.4) is 0 Å². The van der Waals surface area contributed by atoms with Crippen LogP contribution in [0.15, 0.2) is 24.5 Å². The summed E-state index contributed by atoms with van der Waals surface area (Å²) in [5.41, 5.74) is 0.585. The molecule has 1 heterocycles. The second-order valence-corrected chi connectivity index (χ2v) is 2.41. The lowest BCUT2D eigenvalue weighted by molar-refractivity contribution is -0.693. The molecule has 0 aliphatic heterocycles. The van der Waals surface area contributed by atoms with E-state index in [0.29, 0.717) is 5.56 Å². The summed E-state index contributed by atoms with van der Waals surface area (Å²) >= 11 is 0. The zero-order valence-corrected chi connectivity index (χ0v) is 9.82. The number of methoxy groups -OCH3 is 1. The molecule has 1 rings (SSSR count). The first-order valence-electron chi connectivity index (χ1n) is 3.85. The van der Waals surface area contributed by atoms with Gasteiger partial charge in [-0.2, -0.15) is 0 Å². The maximum absolute atomic E-state index is 11.0. The fourth-order valence-corrected chi connectivity index (χ4v) is 0.957. The van der Waals surface area contributed by atoms with Crippen molar-refractivity contribution < 1.29 is 38.1 Å². The monoisotopic (exact) mass is 293 g/mol. The number of halogens is 1. The predicted molar refractivity (Wildman–Crippen MR) is 43.7 cm³/mol. The van der Waals surface area contributed by atoms with Gasteiger partial charge in [0.15, 0.2) is 12.4 Å². The van der Waals surface area contributed by atoms with Crippen LogP contribution in [-0.4, -0.2) is 13.1 Å². The normalized spacial score (nSPS) is 8.77. The summed E-state index contributed by atoms with van der Waals surface area (Å²) in [4.78, 5) is 11.0. The number of aromatic nitrogens is 1. The molecule has 1 aromatic rings. The molecule has 0 saturated heterocycles. The third-order valence-electron chi connectivity index (χ3n) is 1.64. The fourth-order valence-electron chi connectivity index (χ4n) is 0.957. The minimum absolute atomic E-state index is 0. The van der Waals surface area contributed by atoms with E-state index < -0.39 is 0 Å². The maximum atomic E-state index is 11.0. The standard InChI is InChI=1S/C9H12NO2.HI/c1-3-10-6-4-5-8(7-10)9(11)12-2;/h4-7H,3H2,1-2H3;1H/q+1;/p-1. The highest BCUT2D eigenvalue weighted by molar-refractivity contribution is 5.88. The van der Waals surface area contributed by atoms with Gasteiger partial charge in [0.1, 0.15) is 12.1 Å². The van der Waals surface area contributed by atoms with Crippen molar-refractivity contribution in [1.29, 1.82) is 0 Å². The molecule has 0 N–H and O–H groups in total. The Labute approximate surface area is 94.7 Å². The molecule has 0 fully saturated rings. The Bertz CT molecular complexity index is 289. The van der Waals surface area contributed by atoms with Crippen molar-refractivity contribution in [2.24, 2.45) is 0 Å². The van der Waals surface area contributed by atoms with Crippen LogP contribution in [0.1, 0.15) is 17.3 Å². The first kappa shape index (κ1) is 12.3. The highest BCUT2D eigenvalue weighted by Gasteiger charge is 2.08. The van der Waals surface area contributed by atoms with Gasteiger partial charge in [0, 0.05) is 6.07 Å². The highest BCUT2D eigenvalue weighted by atomic mass is 127. The van der Waals surface area contributed by atoms with Gasteiger partial charge in [-0.05, 0) is 13.0 Å². The first-order chi connectivity index (χ1) is 5.77.